The molecule has 4 fully saturated rings. The van der Waals surface area contributed by atoms with Crippen LogP contribution in [-0.4, -0.2) is 72.8 Å². The highest BCUT2D eigenvalue weighted by Crippen LogP contribution is 2.37. The molecule has 7 nitrogen and oxygen atoms in total. The molecule has 3 saturated heterocycles. The monoisotopic (exact) mass is 414 g/mol. The summed E-state index contributed by atoms with van der Waals surface area (Å²) in [4.78, 5) is 2.71. The Morgan fingerprint density at radius 1 is 1.07 bits per heavy atom. The molecule has 2 unspecified atom stereocenters. The number of piperidine rings is 1. The summed E-state index contributed by atoms with van der Waals surface area (Å²) in [7, 11) is 0. The summed E-state index contributed by atoms with van der Waals surface area (Å²) in [5.74, 6) is 1.05. The Labute approximate surface area is 170 Å². The Hall–Kier alpha value is -1.45. The van der Waals surface area contributed by atoms with Crippen LogP contribution < -0.4 is 10.5 Å². The normalized spacial score (nSPS) is 30.6. The Kier molecular flexibility index (Phi) is 6.87. The Balaban J connectivity index is 1.25. The van der Waals surface area contributed by atoms with E-state index < -0.39 is 13.0 Å². The van der Waals surface area contributed by atoms with Crippen LogP contribution in [0.3, 0.4) is 0 Å². The van der Waals surface area contributed by atoms with Crippen LogP contribution in [0.2, 0.25) is 0 Å². The molecule has 1 saturated carbocycles. The van der Waals surface area contributed by atoms with Crippen LogP contribution in [0.25, 0.3) is 0 Å². The molecule has 2 N–H and O–H groups in total. The molecule has 2 atom stereocenters. The number of nitrogens with zero attached hydrogens (tertiary/aromatic N) is 3. The molecule has 1 aliphatic carbocycles. The zero-order valence-electron chi connectivity index (χ0n) is 16.8. The minimum absolute atomic E-state index is 0.0868. The standard InChI is InChI=1S/C20H32F2N4O3/c21-19(22)13-27-7-8-29-20-18(23)10-26(24-20)16-5-3-15(4-6-16)25-9-14-1-2-17(25)12-28-11-14/h10,14-17,19H,1-9,11-13,23H2/t14?,15-,16-,17?. The van der Waals surface area contributed by atoms with E-state index in [1.165, 1.54) is 19.4 Å². The highest BCUT2D eigenvalue weighted by atomic mass is 19.3. The Bertz CT molecular complexity index is 648. The van der Waals surface area contributed by atoms with Gasteiger partial charge < -0.3 is 19.9 Å². The minimum atomic E-state index is -2.47. The topological polar surface area (TPSA) is 74.8 Å². The number of alkyl halides is 2. The van der Waals surface area contributed by atoms with Gasteiger partial charge >= 0.3 is 0 Å². The first-order valence-corrected chi connectivity index (χ1v) is 10.8. The molecule has 0 amide bonds. The van der Waals surface area contributed by atoms with Crippen LogP contribution in [0.5, 0.6) is 5.88 Å². The van der Waals surface area contributed by atoms with Gasteiger partial charge in [-0.3, -0.25) is 9.58 Å². The van der Waals surface area contributed by atoms with Crippen molar-refractivity contribution in [3.05, 3.63) is 6.20 Å². The van der Waals surface area contributed by atoms with Crippen LogP contribution in [0, 0.1) is 5.92 Å². The van der Waals surface area contributed by atoms with Crippen molar-refractivity contribution in [1.29, 1.82) is 0 Å². The predicted molar refractivity (Wildman–Crippen MR) is 104 cm³/mol. The molecule has 4 heterocycles. The number of nitrogens with two attached hydrogens (primary N) is 1. The second-order valence-electron chi connectivity index (χ2n) is 8.48. The largest absolute Gasteiger partial charge is 0.473 e. The highest BCUT2D eigenvalue weighted by molar-refractivity contribution is 5.46. The van der Waals surface area contributed by atoms with E-state index in [9.17, 15) is 8.78 Å². The molecule has 5 rings (SSSR count). The maximum Gasteiger partial charge on any atom is 0.261 e. The fourth-order valence-corrected chi connectivity index (χ4v) is 4.98. The van der Waals surface area contributed by atoms with Gasteiger partial charge in [-0.15, -0.1) is 5.10 Å². The third kappa shape index (κ3) is 5.19. The van der Waals surface area contributed by atoms with Gasteiger partial charge in [0.1, 0.15) is 18.9 Å². The lowest BCUT2D eigenvalue weighted by molar-refractivity contribution is 0.00717. The van der Waals surface area contributed by atoms with Crippen LogP contribution in [-0.2, 0) is 9.47 Å². The van der Waals surface area contributed by atoms with Crippen molar-refractivity contribution in [2.24, 2.45) is 5.92 Å². The highest BCUT2D eigenvalue weighted by Gasteiger charge is 2.37. The van der Waals surface area contributed by atoms with Gasteiger partial charge in [-0.2, -0.15) is 0 Å². The Morgan fingerprint density at radius 3 is 2.62 bits per heavy atom. The van der Waals surface area contributed by atoms with E-state index >= 15 is 0 Å². The third-order valence-corrected chi connectivity index (χ3v) is 6.45. The molecule has 164 valence electrons. The van der Waals surface area contributed by atoms with Crippen molar-refractivity contribution in [2.45, 2.75) is 63.1 Å². The predicted octanol–water partition coefficient (Wildman–Crippen LogP) is 2.72. The van der Waals surface area contributed by atoms with Crippen molar-refractivity contribution in [2.75, 3.05) is 45.3 Å². The summed E-state index contributed by atoms with van der Waals surface area (Å²) in [5.41, 5.74) is 6.50. The number of rotatable bonds is 8. The van der Waals surface area contributed by atoms with E-state index in [0.29, 0.717) is 35.6 Å². The fraction of sp³-hybridized carbons (Fsp3) is 0.850. The van der Waals surface area contributed by atoms with Gasteiger partial charge in [-0.1, -0.05) is 0 Å². The van der Waals surface area contributed by atoms with E-state index in [2.05, 4.69) is 10.00 Å². The molecule has 4 aliphatic rings. The van der Waals surface area contributed by atoms with Gasteiger partial charge in [0.05, 0.1) is 32.1 Å². The van der Waals surface area contributed by atoms with E-state index in [1.54, 1.807) is 0 Å². The number of anilines is 1. The molecule has 0 spiro atoms. The number of halogens is 2. The summed E-state index contributed by atoms with van der Waals surface area (Å²) in [5, 5.41) is 4.49. The van der Waals surface area contributed by atoms with Crippen molar-refractivity contribution in [3.63, 3.8) is 0 Å². The number of fused-ring (bicyclic) bond motifs is 4. The van der Waals surface area contributed by atoms with Gasteiger partial charge in [0.25, 0.3) is 12.3 Å². The molecular weight excluding hydrogens is 382 g/mol. The van der Waals surface area contributed by atoms with Crippen LogP contribution in [0.4, 0.5) is 14.5 Å². The number of hydrogen-bond donors (Lipinski definition) is 1. The molecule has 2 bridgehead atoms. The van der Waals surface area contributed by atoms with E-state index in [1.807, 2.05) is 10.9 Å². The summed E-state index contributed by atoms with van der Waals surface area (Å²) >= 11 is 0. The van der Waals surface area contributed by atoms with Gasteiger partial charge in [-0.25, -0.2) is 8.78 Å². The molecule has 0 aromatic carbocycles. The van der Waals surface area contributed by atoms with Crippen molar-refractivity contribution < 1.29 is 23.0 Å². The fourth-order valence-electron chi connectivity index (χ4n) is 4.98. The van der Waals surface area contributed by atoms with Gasteiger partial charge in [0.15, 0.2) is 0 Å². The average Bonchev–Trinajstić information content (AvgIpc) is 2.88. The van der Waals surface area contributed by atoms with Crippen molar-refractivity contribution in [1.82, 2.24) is 14.7 Å². The number of aromatic nitrogens is 2. The number of ether oxygens (including phenoxy) is 3. The maximum absolute atomic E-state index is 12.1. The van der Waals surface area contributed by atoms with Gasteiger partial charge in [0, 0.05) is 18.6 Å². The van der Waals surface area contributed by atoms with E-state index in [-0.39, 0.29) is 13.2 Å². The first-order valence-electron chi connectivity index (χ1n) is 10.8. The molecule has 3 aliphatic heterocycles. The Morgan fingerprint density at radius 2 is 1.83 bits per heavy atom. The average molecular weight is 414 g/mol. The molecule has 9 heteroatoms. The van der Waals surface area contributed by atoms with Gasteiger partial charge in [0.2, 0.25) is 0 Å². The lowest BCUT2D eigenvalue weighted by atomic mass is 9.86. The minimum Gasteiger partial charge on any atom is -0.473 e. The lowest BCUT2D eigenvalue weighted by Gasteiger charge is -2.43. The summed E-state index contributed by atoms with van der Waals surface area (Å²) in [6, 6.07) is 1.54. The first-order chi connectivity index (χ1) is 14.1. The smallest absolute Gasteiger partial charge is 0.261 e. The summed E-state index contributed by atoms with van der Waals surface area (Å²) in [6.07, 6.45) is 6.38. The third-order valence-electron chi connectivity index (χ3n) is 6.45. The number of hydrogen-bond acceptors (Lipinski definition) is 6. The summed E-state index contributed by atoms with van der Waals surface area (Å²) < 4.78 is 42.2. The summed E-state index contributed by atoms with van der Waals surface area (Å²) in [6.45, 7) is 2.64. The van der Waals surface area contributed by atoms with Crippen LogP contribution >= 0.6 is 0 Å². The molecule has 1 aromatic rings. The second kappa shape index (κ2) is 9.57. The van der Waals surface area contributed by atoms with Crippen LogP contribution in [0.15, 0.2) is 6.20 Å². The lowest BCUT2D eigenvalue weighted by Crippen LogP contribution is -2.50. The molecule has 29 heavy (non-hydrogen) atoms. The van der Waals surface area contributed by atoms with E-state index in [0.717, 1.165) is 38.9 Å². The number of nitrogen functional groups attached to an aromatic ring is 1. The molecule has 0 radical (unpaired) electrons. The van der Waals surface area contributed by atoms with E-state index in [4.69, 9.17) is 19.9 Å². The molecular formula is C20H32F2N4O3. The quantitative estimate of drug-likeness (QED) is 0.660. The first kappa shape index (κ1) is 20.8. The maximum atomic E-state index is 12.1. The SMILES string of the molecule is Nc1cn([C@H]2CC[C@H](N3CC4CCC3COC4)CC2)nc1OCCOCC(F)F. The van der Waals surface area contributed by atoms with Crippen molar-refractivity contribution in [3.8, 4) is 5.88 Å². The van der Waals surface area contributed by atoms with Crippen LogP contribution in [0.1, 0.15) is 44.6 Å². The second-order valence-corrected chi connectivity index (χ2v) is 8.48. The zero-order chi connectivity index (χ0) is 20.2. The van der Waals surface area contributed by atoms with Gasteiger partial charge in [-0.05, 0) is 44.4 Å². The zero-order valence-corrected chi connectivity index (χ0v) is 16.8. The molecule has 1 aromatic heterocycles. The van der Waals surface area contributed by atoms with Crippen molar-refractivity contribution >= 4 is 5.69 Å².